The Balaban J connectivity index is 1.84. The quantitative estimate of drug-likeness (QED) is 0.783. The van der Waals surface area contributed by atoms with E-state index in [1.165, 1.54) is 12.1 Å². The lowest BCUT2D eigenvalue weighted by Gasteiger charge is -2.18. The second-order valence-corrected chi connectivity index (χ2v) is 5.93. The molecule has 25 heavy (non-hydrogen) atoms. The highest BCUT2D eigenvalue weighted by atomic mass is 19.1. The molecular weight excluding hydrogens is 321 g/mol. The molecule has 3 N–H and O–H groups in total. The Morgan fingerprint density at radius 3 is 2.84 bits per heavy atom. The Bertz CT molecular complexity index is 820. The Morgan fingerprint density at radius 1 is 1.24 bits per heavy atom. The molecule has 1 heterocycles. The largest absolute Gasteiger partial charge is 0.326 e. The first kappa shape index (κ1) is 17.1. The fraction of sp³-hybridized carbons (Fsp3) is 0.263. The van der Waals surface area contributed by atoms with Crippen molar-refractivity contribution >= 4 is 23.2 Å². The van der Waals surface area contributed by atoms with Crippen molar-refractivity contribution in [1.29, 1.82) is 0 Å². The minimum absolute atomic E-state index is 0.0202. The van der Waals surface area contributed by atoms with Crippen LogP contribution in [0, 0.1) is 5.82 Å². The molecule has 1 aliphatic rings. The van der Waals surface area contributed by atoms with Gasteiger partial charge in [-0.15, -0.1) is 0 Å². The van der Waals surface area contributed by atoms with E-state index in [0.29, 0.717) is 30.8 Å². The first-order valence-electron chi connectivity index (χ1n) is 8.30. The van der Waals surface area contributed by atoms with Gasteiger partial charge in [-0.05, 0) is 42.3 Å². The van der Waals surface area contributed by atoms with Crippen LogP contribution in [0.1, 0.15) is 34.8 Å². The van der Waals surface area contributed by atoms with Crippen molar-refractivity contribution in [3.05, 3.63) is 58.9 Å². The summed E-state index contributed by atoms with van der Waals surface area (Å²) in [6.45, 7) is 3.43. The number of fused-ring (bicyclic) bond motifs is 1. The third kappa shape index (κ3) is 3.85. The van der Waals surface area contributed by atoms with Crippen molar-refractivity contribution in [2.75, 3.05) is 17.2 Å². The third-order valence-corrected chi connectivity index (χ3v) is 4.16. The topological polar surface area (TPSA) is 70.2 Å². The summed E-state index contributed by atoms with van der Waals surface area (Å²) in [6.07, 6.45) is 0.837. The first-order valence-corrected chi connectivity index (χ1v) is 8.30. The molecule has 6 heteroatoms. The average Bonchev–Trinajstić information content (AvgIpc) is 2.60. The lowest BCUT2D eigenvalue weighted by Crippen LogP contribution is -2.22. The molecule has 0 saturated heterocycles. The minimum atomic E-state index is -0.650. The molecule has 2 amide bonds. The highest BCUT2D eigenvalue weighted by Crippen LogP contribution is 2.26. The average molecular weight is 341 g/mol. The fourth-order valence-electron chi connectivity index (χ4n) is 2.82. The molecule has 1 aliphatic heterocycles. The molecule has 5 nitrogen and oxygen atoms in total. The maximum Gasteiger partial charge on any atom is 0.258 e. The van der Waals surface area contributed by atoms with Gasteiger partial charge in [0.1, 0.15) is 5.82 Å². The predicted octanol–water partition coefficient (Wildman–Crippen LogP) is 3.07. The molecule has 130 valence electrons. The van der Waals surface area contributed by atoms with Gasteiger partial charge >= 0.3 is 0 Å². The summed E-state index contributed by atoms with van der Waals surface area (Å²) < 4.78 is 14.3. The number of nitrogens with one attached hydrogen (secondary N) is 3. The van der Waals surface area contributed by atoms with E-state index in [-0.39, 0.29) is 11.5 Å². The van der Waals surface area contributed by atoms with E-state index in [9.17, 15) is 14.0 Å². The number of hydrogen-bond acceptors (Lipinski definition) is 3. The molecule has 0 bridgehead atoms. The van der Waals surface area contributed by atoms with Gasteiger partial charge in [0.05, 0.1) is 5.56 Å². The zero-order valence-electron chi connectivity index (χ0n) is 14.0. The van der Waals surface area contributed by atoms with Gasteiger partial charge in [-0.3, -0.25) is 9.59 Å². The van der Waals surface area contributed by atoms with Gasteiger partial charge in [-0.2, -0.15) is 0 Å². The molecule has 0 unspecified atom stereocenters. The number of rotatable bonds is 5. The first-order chi connectivity index (χ1) is 12.1. The molecule has 0 atom stereocenters. The van der Waals surface area contributed by atoms with Crippen molar-refractivity contribution in [2.24, 2.45) is 0 Å². The number of amides is 2. The fourth-order valence-corrected chi connectivity index (χ4v) is 2.82. The van der Waals surface area contributed by atoms with Gasteiger partial charge in [0.15, 0.2) is 0 Å². The van der Waals surface area contributed by atoms with Crippen molar-refractivity contribution in [3.63, 3.8) is 0 Å². The maximum atomic E-state index is 14.3. The number of aryl methyl sites for hydroxylation is 1. The minimum Gasteiger partial charge on any atom is -0.326 e. The lowest BCUT2D eigenvalue weighted by molar-refractivity contribution is -0.116. The highest BCUT2D eigenvalue weighted by molar-refractivity contribution is 6.06. The molecule has 2 aromatic carbocycles. The Labute approximate surface area is 145 Å². The zero-order chi connectivity index (χ0) is 17.8. The number of hydrogen-bond donors (Lipinski definition) is 3. The smallest absolute Gasteiger partial charge is 0.258 e. The molecule has 0 aromatic heterocycles. The summed E-state index contributed by atoms with van der Waals surface area (Å²) in [7, 11) is 0. The monoisotopic (exact) mass is 341 g/mol. The molecule has 0 spiro atoms. The van der Waals surface area contributed by atoms with E-state index < -0.39 is 11.7 Å². The van der Waals surface area contributed by atoms with Crippen LogP contribution < -0.4 is 16.0 Å². The lowest BCUT2D eigenvalue weighted by atomic mass is 9.99. The molecule has 0 aliphatic carbocycles. The van der Waals surface area contributed by atoms with Gasteiger partial charge in [0, 0.05) is 24.3 Å². The molecule has 0 saturated carbocycles. The summed E-state index contributed by atoms with van der Waals surface area (Å²) in [5.74, 6) is -1.29. The van der Waals surface area contributed by atoms with Crippen LogP contribution in [0.15, 0.2) is 36.4 Å². The van der Waals surface area contributed by atoms with Crippen molar-refractivity contribution in [3.8, 4) is 0 Å². The van der Waals surface area contributed by atoms with Gasteiger partial charge in [0.25, 0.3) is 5.91 Å². The Hall–Kier alpha value is -2.73. The van der Waals surface area contributed by atoms with Crippen LogP contribution >= 0.6 is 0 Å². The summed E-state index contributed by atoms with van der Waals surface area (Å²) in [5.41, 5.74) is 2.78. The number of carbonyl (C=O) groups excluding carboxylic acids is 2. The molecule has 0 fully saturated rings. The molecule has 0 radical (unpaired) electrons. The summed E-state index contributed by atoms with van der Waals surface area (Å²) in [4.78, 5) is 24.0. The van der Waals surface area contributed by atoms with E-state index in [2.05, 4.69) is 16.0 Å². The number of anilines is 2. The second-order valence-electron chi connectivity index (χ2n) is 5.93. The normalized spacial score (nSPS) is 13.1. The van der Waals surface area contributed by atoms with Crippen LogP contribution in [0.2, 0.25) is 0 Å². The SMILES string of the molecule is CCNCc1ccccc1NC(=O)c1cc2c(cc1F)NC(=O)CC2. The third-order valence-electron chi connectivity index (χ3n) is 4.16. The van der Waals surface area contributed by atoms with Crippen molar-refractivity contribution in [2.45, 2.75) is 26.3 Å². The van der Waals surface area contributed by atoms with Crippen LogP contribution in [-0.4, -0.2) is 18.4 Å². The van der Waals surface area contributed by atoms with E-state index >= 15 is 0 Å². The van der Waals surface area contributed by atoms with Gasteiger partial charge < -0.3 is 16.0 Å². The zero-order valence-corrected chi connectivity index (χ0v) is 14.0. The number of benzene rings is 2. The summed E-state index contributed by atoms with van der Waals surface area (Å²) in [5, 5.41) is 8.62. The van der Waals surface area contributed by atoms with Crippen LogP contribution in [0.3, 0.4) is 0 Å². The van der Waals surface area contributed by atoms with Crippen LogP contribution in [0.5, 0.6) is 0 Å². The van der Waals surface area contributed by atoms with E-state index in [0.717, 1.165) is 17.7 Å². The Morgan fingerprint density at radius 2 is 2.04 bits per heavy atom. The Kier molecular flexibility index (Phi) is 5.09. The van der Waals surface area contributed by atoms with Gasteiger partial charge in [-0.25, -0.2) is 4.39 Å². The van der Waals surface area contributed by atoms with Gasteiger partial charge in [0.2, 0.25) is 5.91 Å². The molecular formula is C19H20FN3O2. The van der Waals surface area contributed by atoms with E-state index in [4.69, 9.17) is 0 Å². The van der Waals surface area contributed by atoms with Crippen LogP contribution in [0.4, 0.5) is 15.8 Å². The number of carbonyl (C=O) groups is 2. The standard InChI is InChI=1S/C19H20FN3O2/c1-2-21-11-13-5-3-4-6-16(13)23-19(25)14-9-12-7-8-18(24)22-17(12)10-15(14)20/h3-6,9-10,21H,2,7-8,11H2,1H3,(H,22,24)(H,23,25). The predicted molar refractivity (Wildman–Crippen MR) is 95.1 cm³/mol. The highest BCUT2D eigenvalue weighted by Gasteiger charge is 2.21. The van der Waals surface area contributed by atoms with Crippen LogP contribution in [0.25, 0.3) is 0 Å². The van der Waals surface area contributed by atoms with Crippen molar-refractivity contribution < 1.29 is 14.0 Å². The molecule has 3 rings (SSSR count). The number of halogens is 1. The summed E-state index contributed by atoms with van der Waals surface area (Å²) >= 11 is 0. The molecule has 2 aromatic rings. The van der Waals surface area contributed by atoms with Crippen LogP contribution in [-0.2, 0) is 17.8 Å². The van der Waals surface area contributed by atoms with Gasteiger partial charge in [-0.1, -0.05) is 25.1 Å². The maximum absolute atomic E-state index is 14.3. The van der Waals surface area contributed by atoms with Crippen molar-refractivity contribution in [1.82, 2.24) is 5.32 Å². The van der Waals surface area contributed by atoms with E-state index in [1.54, 1.807) is 6.07 Å². The summed E-state index contributed by atoms with van der Waals surface area (Å²) in [6, 6.07) is 10.2. The van der Waals surface area contributed by atoms with E-state index in [1.807, 2.05) is 25.1 Å². The second kappa shape index (κ2) is 7.44. The number of para-hydroxylation sites is 1.